The van der Waals surface area contributed by atoms with E-state index in [-0.39, 0.29) is 0 Å². The van der Waals surface area contributed by atoms with Crippen LogP contribution in [0.4, 0.5) is 0 Å². The summed E-state index contributed by atoms with van der Waals surface area (Å²) in [5.41, 5.74) is 1.20. The first-order valence-electron chi connectivity index (χ1n) is 4.95. The molecule has 0 radical (unpaired) electrons. The van der Waals surface area contributed by atoms with Crippen LogP contribution in [0, 0.1) is 0 Å². The molecule has 0 aliphatic heterocycles. The van der Waals surface area contributed by atoms with Crippen LogP contribution < -0.4 is 10.1 Å². The summed E-state index contributed by atoms with van der Waals surface area (Å²) in [6.07, 6.45) is 3.97. The molecule has 2 nitrogen and oxygen atoms in total. The van der Waals surface area contributed by atoms with Crippen LogP contribution in [0.5, 0.6) is 5.75 Å². The molecule has 0 aliphatic rings. The molecule has 0 aliphatic carbocycles. The maximum Gasteiger partial charge on any atom is 0.120 e. The van der Waals surface area contributed by atoms with Gasteiger partial charge in [-0.2, -0.15) is 0 Å². The van der Waals surface area contributed by atoms with E-state index in [2.05, 4.69) is 21.2 Å². The molecule has 0 atom stereocenters. The number of halogens is 1. The number of benzene rings is 1. The Morgan fingerprint density at radius 2 is 2.27 bits per heavy atom. The smallest absolute Gasteiger partial charge is 0.120 e. The number of hydrogen-bond donors (Lipinski definition) is 1. The van der Waals surface area contributed by atoms with Gasteiger partial charge in [-0.25, -0.2) is 0 Å². The average molecular weight is 270 g/mol. The van der Waals surface area contributed by atoms with E-state index in [0.29, 0.717) is 6.61 Å². The van der Waals surface area contributed by atoms with Crippen molar-refractivity contribution in [1.29, 1.82) is 0 Å². The molecule has 1 N–H and O–H groups in total. The monoisotopic (exact) mass is 269 g/mol. The van der Waals surface area contributed by atoms with Gasteiger partial charge in [-0.3, -0.25) is 0 Å². The summed E-state index contributed by atoms with van der Waals surface area (Å²) in [7, 11) is 1.93. The van der Waals surface area contributed by atoms with E-state index in [1.54, 1.807) is 0 Å². The second-order valence-corrected chi connectivity index (χ2v) is 4.02. The van der Waals surface area contributed by atoms with Crippen molar-refractivity contribution in [1.82, 2.24) is 5.32 Å². The van der Waals surface area contributed by atoms with Crippen molar-refractivity contribution in [2.75, 3.05) is 13.7 Å². The van der Waals surface area contributed by atoms with Crippen molar-refractivity contribution in [3.63, 3.8) is 0 Å². The fourth-order valence-corrected chi connectivity index (χ4v) is 1.59. The molecule has 0 heterocycles. The molecule has 0 spiro atoms. The molecule has 0 fully saturated rings. The SMILES string of the molecule is C/C=C/COc1ccc(Br)c(CNC)c1. The molecule has 3 heteroatoms. The van der Waals surface area contributed by atoms with Crippen molar-refractivity contribution in [3.05, 3.63) is 40.4 Å². The minimum absolute atomic E-state index is 0.622. The molecule has 15 heavy (non-hydrogen) atoms. The van der Waals surface area contributed by atoms with E-state index in [9.17, 15) is 0 Å². The molecule has 0 aromatic heterocycles. The molecular formula is C12H16BrNO. The van der Waals surface area contributed by atoms with E-state index < -0.39 is 0 Å². The van der Waals surface area contributed by atoms with Gasteiger partial charge in [0.15, 0.2) is 0 Å². The summed E-state index contributed by atoms with van der Waals surface area (Å²) in [4.78, 5) is 0. The molecule has 0 amide bonds. The number of rotatable bonds is 5. The lowest BCUT2D eigenvalue weighted by Crippen LogP contribution is -2.06. The highest BCUT2D eigenvalue weighted by Gasteiger charge is 2.00. The lowest BCUT2D eigenvalue weighted by atomic mass is 10.2. The van der Waals surface area contributed by atoms with E-state index in [0.717, 1.165) is 16.8 Å². The Balaban J connectivity index is 2.69. The van der Waals surface area contributed by atoms with Gasteiger partial charge >= 0.3 is 0 Å². The van der Waals surface area contributed by atoms with E-state index in [4.69, 9.17) is 4.74 Å². The maximum absolute atomic E-state index is 5.55. The summed E-state index contributed by atoms with van der Waals surface area (Å²) in [5, 5.41) is 3.12. The van der Waals surface area contributed by atoms with Gasteiger partial charge < -0.3 is 10.1 Å². The molecule has 1 aromatic rings. The Hall–Kier alpha value is -0.800. The standard InChI is InChI=1S/C12H16BrNO/c1-3-4-7-15-11-5-6-12(13)10(8-11)9-14-2/h3-6,8,14H,7,9H2,1-2H3/b4-3+. The molecule has 0 saturated carbocycles. The van der Waals surface area contributed by atoms with Crippen molar-refractivity contribution in [2.24, 2.45) is 0 Å². The number of nitrogens with one attached hydrogen (secondary N) is 1. The predicted molar refractivity (Wildman–Crippen MR) is 67.2 cm³/mol. The van der Waals surface area contributed by atoms with Gasteiger partial charge in [-0.1, -0.05) is 28.1 Å². The van der Waals surface area contributed by atoms with Gasteiger partial charge in [-0.15, -0.1) is 0 Å². The van der Waals surface area contributed by atoms with Crippen LogP contribution in [0.25, 0.3) is 0 Å². The van der Waals surface area contributed by atoms with Crippen LogP contribution in [0.1, 0.15) is 12.5 Å². The highest BCUT2D eigenvalue weighted by atomic mass is 79.9. The summed E-state index contributed by atoms with van der Waals surface area (Å²) >= 11 is 3.50. The predicted octanol–water partition coefficient (Wildman–Crippen LogP) is 3.12. The largest absolute Gasteiger partial charge is 0.490 e. The summed E-state index contributed by atoms with van der Waals surface area (Å²) in [6, 6.07) is 6.02. The highest BCUT2D eigenvalue weighted by molar-refractivity contribution is 9.10. The zero-order chi connectivity index (χ0) is 11.1. The van der Waals surface area contributed by atoms with E-state index >= 15 is 0 Å². The Kier molecular flexibility index (Phi) is 5.43. The van der Waals surface area contributed by atoms with Gasteiger partial charge in [-0.05, 0) is 37.7 Å². The Bertz CT molecular complexity index is 336. The van der Waals surface area contributed by atoms with Gasteiger partial charge in [0, 0.05) is 11.0 Å². The van der Waals surface area contributed by atoms with Crippen molar-refractivity contribution >= 4 is 15.9 Å². The molecule has 1 aromatic carbocycles. The van der Waals surface area contributed by atoms with Gasteiger partial charge in [0.05, 0.1) is 0 Å². The zero-order valence-corrected chi connectivity index (χ0v) is 10.7. The van der Waals surface area contributed by atoms with Crippen LogP contribution in [-0.4, -0.2) is 13.7 Å². The zero-order valence-electron chi connectivity index (χ0n) is 9.09. The molecule has 0 bridgehead atoms. The normalized spacial score (nSPS) is 10.9. The number of hydrogen-bond acceptors (Lipinski definition) is 2. The van der Waals surface area contributed by atoms with Crippen LogP contribution in [0.15, 0.2) is 34.8 Å². The molecule has 1 rings (SSSR count). The lowest BCUT2D eigenvalue weighted by molar-refractivity contribution is 0.362. The first-order valence-corrected chi connectivity index (χ1v) is 5.74. The molecule has 82 valence electrons. The maximum atomic E-state index is 5.55. The van der Waals surface area contributed by atoms with E-state index in [1.807, 2.05) is 44.3 Å². The van der Waals surface area contributed by atoms with Crippen molar-refractivity contribution < 1.29 is 4.74 Å². The van der Waals surface area contributed by atoms with Crippen LogP contribution >= 0.6 is 15.9 Å². The quantitative estimate of drug-likeness (QED) is 0.830. The van der Waals surface area contributed by atoms with Gasteiger partial charge in [0.25, 0.3) is 0 Å². The van der Waals surface area contributed by atoms with Gasteiger partial charge in [0.2, 0.25) is 0 Å². The van der Waals surface area contributed by atoms with Crippen molar-refractivity contribution in [2.45, 2.75) is 13.5 Å². The summed E-state index contributed by atoms with van der Waals surface area (Å²) < 4.78 is 6.66. The average Bonchev–Trinajstić information content (AvgIpc) is 2.23. The van der Waals surface area contributed by atoms with Crippen LogP contribution in [0.3, 0.4) is 0 Å². The summed E-state index contributed by atoms with van der Waals surface area (Å²) in [5.74, 6) is 0.904. The topological polar surface area (TPSA) is 21.3 Å². The second-order valence-electron chi connectivity index (χ2n) is 3.16. The minimum Gasteiger partial charge on any atom is -0.490 e. The molecular weight excluding hydrogens is 254 g/mol. The highest BCUT2D eigenvalue weighted by Crippen LogP contribution is 2.22. The third-order valence-corrected chi connectivity index (χ3v) is 2.74. The minimum atomic E-state index is 0.622. The van der Waals surface area contributed by atoms with Gasteiger partial charge in [0.1, 0.15) is 12.4 Å². The first kappa shape index (κ1) is 12.3. The fraction of sp³-hybridized carbons (Fsp3) is 0.333. The number of allylic oxidation sites excluding steroid dienone is 1. The van der Waals surface area contributed by atoms with Crippen LogP contribution in [-0.2, 0) is 6.54 Å². The summed E-state index contributed by atoms with van der Waals surface area (Å²) in [6.45, 7) is 3.44. The van der Waals surface area contributed by atoms with Crippen LogP contribution in [0.2, 0.25) is 0 Å². The number of ether oxygens (including phenoxy) is 1. The lowest BCUT2D eigenvalue weighted by Gasteiger charge is -2.08. The molecule has 0 unspecified atom stereocenters. The van der Waals surface area contributed by atoms with E-state index in [1.165, 1.54) is 5.56 Å². The third kappa shape index (κ3) is 4.06. The fourth-order valence-electron chi connectivity index (χ4n) is 1.21. The third-order valence-electron chi connectivity index (χ3n) is 1.97. The Morgan fingerprint density at radius 1 is 1.47 bits per heavy atom. The van der Waals surface area contributed by atoms with Crippen molar-refractivity contribution in [3.8, 4) is 5.75 Å². The Morgan fingerprint density at radius 3 is 2.93 bits per heavy atom. The second kappa shape index (κ2) is 6.64. The first-order chi connectivity index (χ1) is 7.27. The Labute approximate surface area is 99.5 Å². The molecule has 0 saturated heterocycles.